The van der Waals surface area contributed by atoms with Crippen molar-refractivity contribution < 1.29 is 14.5 Å². The molecule has 7 heteroatoms. The second-order valence-electron chi connectivity index (χ2n) is 6.65. The van der Waals surface area contributed by atoms with Crippen molar-refractivity contribution >= 4 is 23.1 Å². The topological polar surface area (TPSA) is 83.8 Å². The molecule has 0 spiro atoms. The number of rotatable bonds is 4. The summed E-state index contributed by atoms with van der Waals surface area (Å²) in [7, 11) is 0. The first-order valence-electron chi connectivity index (χ1n) is 8.53. The molecule has 1 aromatic carbocycles. The Morgan fingerprint density at radius 3 is 2.12 bits per heavy atom. The number of nitro benzene ring substituents is 1. The van der Waals surface area contributed by atoms with Crippen LogP contribution in [0.1, 0.15) is 38.7 Å². The molecule has 7 nitrogen and oxygen atoms in total. The molecule has 0 aliphatic carbocycles. The first-order valence-corrected chi connectivity index (χ1v) is 8.53. The molecule has 2 amide bonds. The number of likely N-dealkylation sites (tertiary alicyclic amines) is 1. The highest BCUT2D eigenvalue weighted by molar-refractivity contribution is 6.35. The van der Waals surface area contributed by atoms with E-state index in [0.717, 1.165) is 32.4 Å². The largest absolute Gasteiger partial charge is 0.366 e. The van der Waals surface area contributed by atoms with Crippen molar-refractivity contribution in [1.82, 2.24) is 9.80 Å². The summed E-state index contributed by atoms with van der Waals surface area (Å²) in [4.78, 5) is 39.5. The van der Waals surface area contributed by atoms with Crippen LogP contribution in [0.25, 0.3) is 5.57 Å². The van der Waals surface area contributed by atoms with Crippen molar-refractivity contribution in [3.05, 3.63) is 45.6 Å². The maximum absolute atomic E-state index is 12.9. The summed E-state index contributed by atoms with van der Waals surface area (Å²) in [5.41, 5.74) is 1.30. The van der Waals surface area contributed by atoms with Gasteiger partial charge in [0, 0.05) is 31.3 Å². The summed E-state index contributed by atoms with van der Waals surface area (Å²) < 4.78 is 0. The molecule has 25 heavy (non-hydrogen) atoms. The number of hydrogen-bond donors (Lipinski definition) is 0. The summed E-state index contributed by atoms with van der Waals surface area (Å²) in [6, 6.07) is 5.59. The summed E-state index contributed by atoms with van der Waals surface area (Å²) >= 11 is 0. The minimum atomic E-state index is -0.480. The van der Waals surface area contributed by atoms with Crippen LogP contribution in [0.2, 0.25) is 0 Å². The molecule has 0 aromatic heterocycles. The minimum absolute atomic E-state index is 0.0404. The number of non-ortho nitro benzene ring substituents is 1. The highest BCUT2D eigenvalue weighted by atomic mass is 16.6. The Balaban J connectivity index is 2.08. The van der Waals surface area contributed by atoms with Crippen molar-refractivity contribution in [2.45, 2.75) is 39.2 Å². The minimum Gasteiger partial charge on any atom is -0.366 e. The summed E-state index contributed by atoms with van der Waals surface area (Å²) in [5.74, 6) is -0.593. The molecule has 0 N–H and O–H groups in total. The number of hydrogen-bond acceptors (Lipinski definition) is 5. The molecule has 0 bridgehead atoms. The Morgan fingerprint density at radius 2 is 1.60 bits per heavy atom. The number of nitrogens with zero attached hydrogens (tertiary/aromatic N) is 3. The van der Waals surface area contributed by atoms with Crippen molar-refractivity contribution in [1.29, 1.82) is 0 Å². The maximum Gasteiger partial charge on any atom is 0.278 e. The van der Waals surface area contributed by atoms with E-state index in [1.54, 1.807) is 12.1 Å². The van der Waals surface area contributed by atoms with Gasteiger partial charge in [-0.2, -0.15) is 0 Å². The lowest BCUT2D eigenvalue weighted by Gasteiger charge is -2.30. The molecular weight excluding hydrogens is 322 g/mol. The van der Waals surface area contributed by atoms with E-state index in [-0.39, 0.29) is 23.5 Å². The average molecular weight is 343 g/mol. The molecule has 0 radical (unpaired) electrons. The van der Waals surface area contributed by atoms with E-state index in [9.17, 15) is 19.7 Å². The predicted octanol–water partition coefficient (Wildman–Crippen LogP) is 2.57. The quantitative estimate of drug-likeness (QED) is 0.477. The zero-order valence-corrected chi connectivity index (χ0v) is 14.4. The van der Waals surface area contributed by atoms with Crippen molar-refractivity contribution in [2.24, 2.45) is 0 Å². The van der Waals surface area contributed by atoms with Gasteiger partial charge in [0.15, 0.2) is 0 Å². The molecule has 0 atom stereocenters. The van der Waals surface area contributed by atoms with Crippen LogP contribution in [-0.4, -0.2) is 45.7 Å². The molecule has 2 aliphatic heterocycles. The Labute approximate surface area is 146 Å². The molecule has 132 valence electrons. The van der Waals surface area contributed by atoms with Crippen LogP contribution in [0.4, 0.5) is 5.69 Å². The number of imide groups is 1. The Bertz CT molecular complexity index is 746. The Hall–Kier alpha value is -2.70. The van der Waals surface area contributed by atoms with E-state index < -0.39 is 4.92 Å². The fourth-order valence-corrected chi connectivity index (χ4v) is 3.42. The first kappa shape index (κ1) is 17.1. The third kappa shape index (κ3) is 3.01. The summed E-state index contributed by atoms with van der Waals surface area (Å²) in [6.07, 6.45) is 3.09. The average Bonchev–Trinajstić information content (AvgIpc) is 2.86. The standard InChI is InChI=1S/C18H21N3O4/c1-12(2)20-17(22)15(13-6-8-14(9-7-13)21(24)25)16(18(20)23)19-10-4-3-5-11-19/h6-9,12H,3-5,10-11H2,1-2H3. The molecule has 3 rings (SSSR count). The third-order valence-electron chi connectivity index (χ3n) is 4.65. The number of benzene rings is 1. The van der Waals surface area contributed by atoms with Gasteiger partial charge in [-0.25, -0.2) is 0 Å². The van der Waals surface area contributed by atoms with Gasteiger partial charge in [0.25, 0.3) is 17.5 Å². The van der Waals surface area contributed by atoms with Crippen LogP contribution < -0.4 is 0 Å². The fraction of sp³-hybridized carbons (Fsp3) is 0.444. The van der Waals surface area contributed by atoms with Crippen molar-refractivity contribution in [3.63, 3.8) is 0 Å². The van der Waals surface area contributed by atoms with Gasteiger partial charge in [0.05, 0.1) is 10.5 Å². The monoisotopic (exact) mass is 343 g/mol. The highest BCUT2D eigenvalue weighted by Crippen LogP contribution is 2.34. The molecule has 0 unspecified atom stereocenters. The van der Waals surface area contributed by atoms with Crippen LogP contribution in [-0.2, 0) is 9.59 Å². The number of piperidine rings is 1. The highest BCUT2D eigenvalue weighted by Gasteiger charge is 2.42. The SMILES string of the molecule is CC(C)N1C(=O)C(c2ccc([N+](=O)[O-])cc2)=C(N2CCCCC2)C1=O. The molecule has 2 aliphatic rings. The Kier molecular flexibility index (Phi) is 4.57. The fourth-order valence-electron chi connectivity index (χ4n) is 3.42. The van der Waals surface area contributed by atoms with Crippen molar-refractivity contribution in [2.75, 3.05) is 13.1 Å². The van der Waals surface area contributed by atoms with Crippen LogP contribution in [0.15, 0.2) is 30.0 Å². The van der Waals surface area contributed by atoms with Gasteiger partial charge >= 0.3 is 0 Å². The number of carbonyl (C=O) groups is 2. The van der Waals surface area contributed by atoms with E-state index >= 15 is 0 Å². The van der Waals surface area contributed by atoms with Gasteiger partial charge in [-0.05, 0) is 50.8 Å². The lowest BCUT2D eigenvalue weighted by atomic mass is 10.0. The number of carbonyl (C=O) groups excluding carboxylic acids is 2. The second kappa shape index (κ2) is 6.66. The number of amides is 2. The lowest BCUT2D eigenvalue weighted by molar-refractivity contribution is -0.384. The van der Waals surface area contributed by atoms with Gasteiger partial charge in [0.2, 0.25) is 0 Å². The normalized spacial score (nSPS) is 18.5. The van der Waals surface area contributed by atoms with E-state index in [1.165, 1.54) is 17.0 Å². The van der Waals surface area contributed by atoms with Gasteiger partial charge < -0.3 is 4.90 Å². The lowest BCUT2D eigenvalue weighted by Crippen LogP contribution is -2.40. The van der Waals surface area contributed by atoms with Crippen LogP contribution in [0, 0.1) is 10.1 Å². The smallest absolute Gasteiger partial charge is 0.278 e. The second-order valence-corrected chi connectivity index (χ2v) is 6.65. The summed E-state index contributed by atoms with van der Waals surface area (Å²) in [6.45, 7) is 5.11. The maximum atomic E-state index is 12.9. The zero-order chi connectivity index (χ0) is 18.1. The predicted molar refractivity (Wildman–Crippen MR) is 92.4 cm³/mol. The van der Waals surface area contributed by atoms with Crippen molar-refractivity contribution in [3.8, 4) is 0 Å². The zero-order valence-electron chi connectivity index (χ0n) is 14.4. The first-order chi connectivity index (χ1) is 11.9. The summed E-state index contributed by atoms with van der Waals surface area (Å²) in [5, 5.41) is 10.9. The molecule has 0 saturated carbocycles. The van der Waals surface area contributed by atoms with Gasteiger partial charge in [0.1, 0.15) is 5.70 Å². The van der Waals surface area contributed by atoms with Gasteiger partial charge in [-0.15, -0.1) is 0 Å². The van der Waals surface area contributed by atoms with E-state index in [4.69, 9.17) is 0 Å². The molecule has 1 fully saturated rings. The molecule has 2 heterocycles. The van der Waals surface area contributed by atoms with E-state index in [1.807, 2.05) is 18.7 Å². The van der Waals surface area contributed by atoms with E-state index in [0.29, 0.717) is 16.8 Å². The molecule has 1 aromatic rings. The van der Waals surface area contributed by atoms with Crippen LogP contribution >= 0.6 is 0 Å². The molecular formula is C18H21N3O4. The van der Waals surface area contributed by atoms with E-state index in [2.05, 4.69) is 0 Å². The van der Waals surface area contributed by atoms with Crippen LogP contribution in [0.5, 0.6) is 0 Å². The third-order valence-corrected chi connectivity index (χ3v) is 4.65. The Morgan fingerprint density at radius 1 is 1.00 bits per heavy atom. The molecule has 1 saturated heterocycles. The van der Waals surface area contributed by atoms with Crippen LogP contribution in [0.3, 0.4) is 0 Å². The van der Waals surface area contributed by atoms with Gasteiger partial charge in [-0.3, -0.25) is 24.6 Å². The van der Waals surface area contributed by atoms with Gasteiger partial charge in [-0.1, -0.05) is 0 Å². The number of nitro groups is 1.